The van der Waals surface area contributed by atoms with Gasteiger partial charge in [0.1, 0.15) is 5.54 Å². The molecule has 0 unspecified atom stereocenters. The number of phenolic OH excluding ortho intramolecular Hbond substituents is 1. The van der Waals surface area contributed by atoms with Crippen molar-refractivity contribution in [3.05, 3.63) is 23.3 Å². The maximum absolute atomic E-state index is 10.6. The molecule has 1 aromatic rings. The quantitative estimate of drug-likeness (QED) is 0.657. The number of phenols is 1. The highest BCUT2D eigenvalue weighted by molar-refractivity contribution is 5.55. The number of carbonyl (C=O) groups excluding carboxylic acids is 1. The highest BCUT2D eigenvalue weighted by Gasteiger charge is 2.42. The predicted octanol–water partition coefficient (Wildman–Crippen LogP) is 2.68. The Balaban J connectivity index is 2.63. The van der Waals surface area contributed by atoms with E-state index in [1.807, 2.05) is 13.0 Å². The zero-order valence-electron chi connectivity index (χ0n) is 10.7. The van der Waals surface area contributed by atoms with Gasteiger partial charge in [-0.2, -0.15) is 4.99 Å². The van der Waals surface area contributed by atoms with Gasteiger partial charge in [-0.3, -0.25) is 0 Å². The number of aromatic hydroxyl groups is 1. The zero-order valence-corrected chi connectivity index (χ0v) is 10.7. The third kappa shape index (κ3) is 1.79. The molecule has 0 heterocycles. The van der Waals surface area contributed by atoms with Crippen LogP contribution in [0.4, 0.5) is 0 Å². The number of isocyanates is 1. The normalized spacial score (nSPS) is 16.6. The van der Waals surface area contributed by atoms with Crippen molar-refractivity contribution in [1.82, 2.24) is 0 Å². The lowest BCUT2D eigenvalue weighted by atomic mass is 9.70. The Hall–Kier alpha value is -1.80. The Kier molecular flexibility index (Phi) is 3.39. The number of rotatable bonds is 4. The third-order valence-electron chi connectivity index (χ3n) is 3.73. The fourth-order valence-electron chi connectivity index (χ4n) is 2.61. The van der Waals surface area contributed by atoms with E-state index in [0.717, 1.165) is 36.8 Å². The van der Waals surface area contributed by atoms with E-state index in [4.69, 9.17) is 4.74 Å². The molecule has 0 aliphatic heterocycles. The fourth-order valence-corrected chi connectivity index (χ4v) is 2.61. The van der Waals surface area contributed by atoms with Crippen LogP contribution in [0.25, 0.3) is 0 Å². The van der Waals surface area contributed by atoms with Crippen molar-refractivity contribution >= 4 is 6.08 Å². The molecule has 0 bridgehead atoms. The van der Waals surface area contributed by atoms with Gasteiger partial charge in [-0.25, -0.2) is 4.79 Å². The molecule has 1 aliphatic carbocycles. The van der Waals surface area contributed by atoms with Crippen LogP contribution in [-0.4, -0.2) is 18.3 Å². The van der Waals surface area contributed by atoms with Crippen molar-refractivity contribution < 1.29 is 14.6 Å². The van der Waals surface area contributed by atoms with E-state index >= 15 is 0 Å². The lowest BCUT2D eigenvalue weighted by molar-refractivity contribution is 0.243. The van der Waals surface area contributed by atoms with Gasteiger partial charge in [-0.1, -0.05) is 13.0 Å². The number of methoxy groups -OCH3 is 1. The molecule has 0 amide bonds. The summed E-state index contributed by atoms with van der Waals surface area (Å²) in [6, 6.07) is 3.67. The monoisotopic (exact) mass is 247 g/mol. The van der Waals surface area contributed by atoms with Crippen LogP contribution in [0, 0.1) is 0 Å². The van der Waals surface area contributed by atoms with Gasteiger partial charge in [0.15, 0.2) is 11.5 Å². The first kappa shape index (κ1) is 12.7. The summed E-state index contributed by atoms with van der Waals surface area (Å²) in [6.45, 7) is 2.02. The van der Waals surface area contributed by atoms with Crippen LogP contribution < -0.4 is 4.74 Å². The maximum Gasteiger partial charge on any atom is 0.235 e. The minimum atomic E-state index is -0.592. The molecule has 1 N–H and O–H groups in total. The van der Waals surface area contributed by atoms with Crippen molar-refractivity contribution in [3.8, 4) is 11.5 Å². The van der Waals surface area contributed by atoms with Gasteiger partial charge >= 0.3 is 0 Å². The highest BCUT2D eigenvalue weighted by atomic mass is 16.5. The summed E-state index contributed by atoms with van der Waals surface area (Å²) in [6.07, 6.45) is 4.98. The summed E-state index contributed by atoms with van der Waals surface area (Å²) < 4.78 is 5.14. The van der Waals surface area contributed by atoms with Crippen molar-refractivity contribution in [2.24, 2.45) is 4.99 Å². The summed E-state index contributed by atoms with van der Waals surface area (Å²) in [5.74, 6) is 0.533. The molecule has 0 spiro atoms. The third-order valence-corrected chi connectivity index (χ3v) is 3.73. The van der Waals surface area contributed by atoms with Crippen molar-refractivity contribution in [2.45, 2.75) is 38.1 Å². The van der Waals surface area contributed by atoms with Gasteiger partial charge in [0, 0.05) is 5.56 Å². The number of hydrogen-bond acceptors (Lipinski definition) is 4. The summed E-state index contributed by atoms with van der Waals surface area (Å²) in [7, 11) is 1.51. The van der Waals surface area contributed by atoms with Crippen LogP contribution >= 0.6 is 0 Å². The van der Waals surface area contributed by atoms with Gasteiger partial charge in [-0.05, 0) is 37.3 Å². The standard InChI is InChI=1S/C14H17NO3/c1-3-10-5-6-11(18-2)13(17)12(10)14(15-9-16)7-4-8-14/h5-6,17H,3-4,7-8H2,1-2H3. The summed E-state index contributed by atoms with van der Waals surface area (Å²) >= 11 is 0. The minimum absolute atomic E-state index is 0.107. The van der Waals surface area contributed by atoms with Gasteiger partial charge in [0.2, 0.25) is 6.08 Å². The van der Waals surface area contributed by atoms with Gasteiger partial charge in [0.05, 0.1) is 7.11 Å². The molecule has 1 aromatic carbocycles. The molecule has 0 aromatic heterocycles. The van der Waals surface area contributed by atoms with Gasteiger partial charge in [-0.15, -0.1) is 0 Å². The Morgan fingerprint density at radius 2 is 2.22 bits per heavy atom. The van der Waals surface area contributed by atoms with E-state index in [0.29, 0.717) is 5.75 Å². The number of aryl methyl sites for hydroxylation is 1. The van der Waals surface area contributed by atoms with E-state index < -0.39 is 5.54 Å². The van der Waals surface area contributed by atoms with E-state index in [9.17, 15) is 9.90 Å². The Labute approximate surface area is 106 Å². The molecule has 4 nitrogen and oxygen atoms in total. The Bertz CT molecular complexity index is 500. The Morgan fingerprint density at radius 1 is 1.50 bits per heavy atom. The first-order valence-electron chi connectivity index (χ1n) is 6.17. The van der Waals surface area contributed by atoms with E-state index in [-0.39, 0.29) is 5.75 Å². The van der Waals surface area contributed by atoms with Crippen molar-refractivity contribution in [2.75, 3.05) is 7.11 Å². The number of benzene rings is 1. The van der Waals surface area contributed by atoms with E-state index in [2.05, 4.69) is 4.99 Å². The molecule has 0 saturated heterocycles. The maximum atomic E-state index is 10.6. The molecule has 0 radical (unpaired) electrons. The van der Waals surface area contributed by atoms with Crippen LogP contribution in [0.5, 0.6) is 11.5 Å². The second-order valence-electron chi connectivity index (χ2n) is 4.59. The first-order valence-corrected chi connectivity index (χ1v) is 6.17. The molecule has 1 fully saturated rings. The number of nitrogens with zero attached hydrogens (tertiary/aromatic N) is 1. The lowest BCUT2D eigenvalue weighted by Crippen LogP contribution is -2.33. The molecule has 4 heteroatoms. The second-order valence-corrected chi connectivity index (χ2v) is 4.59. The van der Waals surface area contributed by atoms with Crippen LogP contribution in [0.2, 0.25) is 0 Å². The molecular weight excluding hydrogens is 230 g/mol. The molecule has 1 aliphatic rings. The van der Waals surface area contributed by atoms with Crippen LogP contribution in [-0.2, 0) is 16.8 Å². The average Bonchev–Trinajstić information content (AvgIpc) is 2.34. The lowest BCUT2D eigenvalue weighted by Gasteiger charge is -2.39. The van der Waals surface area contributed by atoms with Crippen LogP contribution in [0.1, 0.15) is 37.3 Å². The molecule has 0 atom stereocenters. The first-order chi connectivity index (χ1) is 8.68. The summed E-state index contributed by atoms with van der Waals surface area (Å²) in [4.78, 5) is 14.6. The predicted molar refractivity (Wildman–Crippen MR) is 67.7 cm³/mol. The number of ether oxygens (including phenoxy) is 1. The van der Waals surface area contributed by atoms with Crippen LogP contribution in [0.15, 0.2) is 17.1 Å². The molecule has 18 heavy (non-hydrogen) atoms. The Morgan fingerprint density at radius 3 is 2.67 bits per heavy atom. The zero-order chi connectivity index (χ0) is 13.2. The summed E-state index contributed by atoms with van der Waals surface area (Å²) in [5, 5.41) is 10.3. The average molecular weight is 247 g/mol. The number of aliphatic imine (C=N–C) groups is 1. The molecule has 1 saturated carbocycles. The minimum Gasteiger partial charge on any atom is -0.504 e. The SMILES string of the molecule is CCc1ccc(OC)c(O)c1C1(N=C=O)CCC1. The van der Waals surface area contributed by atoms with Gasteiger partial charge in [0.25, 0.3) is 0 Å². The highest BCUT2D eigenvalue weighted by Crippen LogP contribution is 2.51. The van der Waals surface area contributed by atoms with Crippen LogP contribution in [0.3, 0.4) is 0 Å². The van der Waals surface area contributed by atoms with E-state index in [1.165, 1.54) is 7.11 Å². The fraction of sp³-hybridized carbons (Fsp3) is 0.500. The van der Waals surface area contributed by atoms with E-state index in [1.54, 1.807) is 12.1 Å². The topological polar surface area (TPSA) is 58.9 Å². The van der Waals surface area contributed by atoms with Crippen molar-refractivity contribution in [3.63, 3.8) is 0 Å². The molecule has 2 rings (SSSR count). The number of hydrogen-bond donors (Lipinski definition) is 1. The second kappa shape index (κ2) is 4.83. The van der Waals surface area contributed by atoms with Crippen molar-refractivity contribution in [1.29, 1.82) is 0 Å². The summed E-state index contributed by atoms with van der Waals surface area (Å²) in [5.41, 5.74) is 1.15. The smallest absolute Gasteiger partial charge is 0.235 e. The largest absolute Gasteiger partial charge is 0.504 e. The van der Waals surface area contributed by atoms with Gasteiger partial charge < -0.3 is 9.84 Å². The molecular formula is C14H17NO3. The molecule has 96 valence electrons.